The first kappa shape index (κ1) is 23.5. The minimum atomic E-state index is -4.61. The molecule has 0 aliphatic rings. The lowest BCUT2D eigenvalue weighted by atomic mass is 10.1. The fourth-order valence-electron chi connectivity index (χ4n) is 3.49. The molecule has 0 bridgehead atoms. The molecule has 0 saturated carbocycles. The highest BCUT2D eigenvalue weighted by atomic mass is 35.5. The number of halogens is 4. The Balaban J connectivity index is 1.69. The Labute approximate surface area is 198 Å². The summed E-state index contributed by atoms with van der Waals surface area (Å²) in [5.41, 5.74) is 1.02. The quantitative estimate of drug-likeness (QED) is 0.373. The van der Waals surface area contributed by atoms with Crippen LogP contribution in [0.5, 0.6) is 0 Å². The number of carbonyl (C=O) groups is 1. The summed E-state index contributed by atoms with van der Waals surface area (Å²) in [4.78, 5) is 22.0. The lowest BCUT2D eigenvalue weighted by Crippen LogP contribution is -2.34. The van der Waals surface area contributed by atoms with Crippen molar-refractivity contribution in [2.75, 3.05) is 18.4 Å². The van der Waals surface area contributed by atoms with Gasteiger partial charge in [0.1, 0.15) is 0 Å². The maximum atomic E-state index is 13.4. The van der Waals surface area contributed by atoms with Gasteiger partial charge in [-0.05, 0) is 50.2 Å². The number of rotatable bonds is 5. The zero-order valence-corrected chi connectivity index (χ0v) is 19.0. The molecule has 2 amide bonds. The van der Waals surface area contributed by atoms with E-state index >= 15 is 0 Å². The number of aromatic nitrogens is 4. The van der Waals surface area contributed by atoms with Gasteiger partial charge < -0.3 is 10.2 Å². The van der Waals surface area contributed by atoms with E-state index in [2.05, 4.69) is 20.4 Å². The van der Waals surface area contributed by atoms with Crippen LogP contribution in [0.25, 0.3) is 28.2 Å². The Kier molecular flexibility index (Phi) is 6.43. The van der Waals surface area contributed by atoms with E-state index in [9.17, 15) is 18.0 Å². The third-order valence-corrected chi connectivity index (χ3v) is 5.56. The van der Waals surface area contributed by atoms with Crippen LogP contribution >= 0.6 is 11.6 Å². The number of carbonyl (C=O) groups excluding carboxylic acids is 1. The van der Waals surface area contributed by atoms with Gasteiger partial charge in [0.2, 0.25) is 0 Å². The molecule has 176 valence electrons. The van der Waals surface area contributed by atoms with Crippen LogP contribution in [0.4, 0.5) is 23.7 Å². The minimum absolute atomic E-state index is 0.111. The van der Waals surface area contributed by atoms with Crippen LogP contribution in [0.15, 0.2) is 54.9 Å². The molecule has 4 rings (SSSR count). The molecule has 0 spiro atoms. The van der Waals surface area contributed by atoms with Gasteiger partial charge in [-0.15, -0.1) is 0 Å². The van der Waals surface area contributed by atoms with E-state index in [4.69, 9.17) is 11.6 Å². The molecular weight excluding hydrogens is 469 g/mol. The summed E-state index contributed by atoms with van der Waals surface area (Å²) in [5, 5.41) is 7.48. The molecule has 11 heteroatoms. The lowest BCUT2D eigenvalue weighted by molar-refractivity contribution is -0.140. The summed E-state index contributed by atoms with van der Waals surface area (Å²) >= 11 is 6.27. The highest BCUT2D eigenvalue weighted by Crippen LogP contribution is 2.35. The number of imidazole rings is 1. The number of hydrogen-bond donors (Lipinski definition) is 1. The molecule has 0 aliphatic carbocycles. The van der Waals surface area contributed by atoms with Crippen molar-refractivity contribution in [3.63, 3.8) is 0 Å². The van der Waals surface area contributed by atoms with E-state index in [0.29, 0.717) is 40.7 Å². The van der Waals surface area contributed by atoms with E-state index in [1.165, 1.54) is 22.7 Å². The highest BCUT2D eigenvalue weighted by Gasteiger charge is 2.35. The summed E-state index contributed by atoms with van der Waals surface area (Å²) in [5.74, 6) is 0. The van der Waals surface area contributed by atoms with Crippen LogP contribution in [-0.2, 0) is 6.18 Å². The standard InChI is InChI=1S/C23H20ClF3N6O/c1-3-32(4-2)22(34)30-18-12-14(7-8-16(18)24)19-13-33-20(29-19)10-9-17(31-33)15-6-5-11-28-21(15)23(25,26)27/h5-13H,3-4H2,1-2H3,(H,30,34). The maximum Gasteiger partial charge on any atom is 0.434 e. The smallest absolute Gasteiger partial charge is 0.325 e. The SMILES string of the molecule is CCN(CC)C(=O)Nc1cc(-c2cn3nc(-c4cccnc4C(F)(F)F)ccc3n2)ccc1Cl. The van der Waals surface area contributed by atoms with E-state index < -0.39 is 11.9 Å². The molecule has 0 aliphatic heterocycles. The lowest BCUT2D eigenvalue weighted by Gasteiger charge is -2.19. The fourth-order valence-corrected chi connectivity index (χ4v) is 3.65. The van der Waals surface area contributed by atoms with Crippen molar-refractivity contribution in [1.29, 1.82) is 0 Å². The van der Waals surface area contributed by atoms with E-state index in [0.717, 1.165) is 6.20 Å². The molecule has 0 atom stereocenters. The van der Waals surface area contributed by atoms with Gasteiger partial charge in [-0.1, -0.05) is 17.7 Å². The molecule has 0 fully saturated rings. The van der Waals surface area contributed by atoms with Gasteiger partial charge in [0, 0.05) is 30.4 Å². The summed E-state index contributed by atoms with van der Waals surface area (Å²) in [7, 11) is 0. The predicted octanol–water partition coefficient (Wildman–Crippen LogP) is 6.00. The van der Waals surface area contributed by atoms with Gasteiger partial charge in [-0.3, -0.25) is 4.98 Å². The number of pyridine rings is 1. The molecule has 4 aromatic rings. The molecule has 7 nitrogen and oxygen atoms in total. The van der Waals surface area contributed by atoms with Gasteiger partial charge in [0.05, 0.1) is 28.3 Å². The van der Waals surface area contributed by atoms with Crippen LogP contribution in [0.1, 0.15) is 19.5 Å². The molecule has 0 saturated heterocycles. The minimum Gasteiger partial charge on any atom is -0.325 e. The number of alkyl halides is 3. The van der Waals surface area contributed by atoms with Crippen LogP contribution in [-0.4, -0.2) is 43.6 Å². The zero-order chi connectivity index (χ0) is 24.5. The average molecular weight is 489 g/mol. The van der Waals surface area contributed by atoms with E-state index in [1.54, 1.807) is 35.4 Å². The van der Waals surface area contributed by atoms with Crippen molar-refractivity contribution < 1.29 is 18.0 Å². The number of amides is 2. The molecular formula is C23H20ClF3N6O. The molecule has 3 aromatic heterocycles. The second kappa shape index (κ2) is 9.30. The Morgan fingerprint density at radius 3 is 2.59 bits per heavy atom. The monoisotopic (exact) mass is 488 g/mol. The van der Waals surface area contributed by atoms with Gasteiger partial charge >= 0.3 is 12.2 Å². The van der Waals surface area contributed by atoms with Crippen molar-refractivity contribution in [2.24, 2.45) is 0 Å². The van der Waals surface area contributed by atoms with Crippen LogP contribution in [0.2, 0.25) is 5.02 Å². The summed E-state index contributed by atoms with van der Waals surface area (Å²) in [6.07, 6.45) is -1.92. The van der Waals surface area contributed by atoms with Crippen molar-refractivity contribution >= 4 is 29.0 Å². The maximum absolute atomic E-state index is 13.4. The largest absolute Gasteiger partial charge is 0.434 e. The second-order valence-corrected chi connectivity index (χ2v) is 7.75. The third kappa shape index (κ3) is 4.67. The van der Waals surface area contributed by atoms with Gasteiger partial charge in [-0.2, -0.15) is 18.3 Å². The van der Waals surface area contributed by atoms with Gasteiger partial charge in [-0.25, -0.2) is 14.3 Å². The number of urea groups is 1. The van der Waals surface area contributed by atoms with Crippen LogP contribution in [0.3, 0.4) is 0 Å². The predicted molar refractivity (Wildman–Crippen MR) is 124 cm³/mol. The number of nitrogens with zero attached hydrogens (tertiary/aromatic N) is 5. The Morgan fingerprint density at radius 2 is 1.88 bits per heavy atom. The van der Waals surface area contributed by atoms with Crippen LogP contribution in [0, 0.1) is 0 Å². The van der Waals surface area contributed by atoms with Crippen molar-refractivity contribution in [1.82, 2.24) is 24.5 Å². The number of benzene rings is 1. The number of hydrogen-bond acceptors (Lipinski definition) is 4. The third-order valence-electron chi connectivity index (χ3n) is 5.23. The molecule has 1 aromatic carbocycles. The Morgan fingerprint density at radius 1 is 1.12 bits per heavy atom. The zero-order valence-electron chi connectivity index (χ0n) is 18.3. The number of nitrogens with one attached hydrogen (secondary N) is 1. The molecule has 0 radical (unpaired) electrons. The van der Waals surface area contributed by atoms with Gasteiger partial charge in [0.25, 0.3) is 0 Å². The first-order chi connectivity index (χ1) is 16.2. The summed E-state index contributed by atoms with van der Waals surface area (Å²) < 4.78 is 41.5. The Hall–Kier alpha value is -3.66. The van der Waals surface area contributed by atoms with Crippen LogP contribution < -0.4 is 5.32 Å². The van der Waals surface area contributed by atoms with E-state index in [-0.39, 0.29) is 17.3 Å². The first-order valence-corrected chi connectivity index (χ1v) is 10.8. The molecule has 0 unspecified atom stereocenters. The molecule has 3 heterocycles. The van der Waals surface area contributed by atoms with Crippen molar-refractivity contribution in [2.45, 2.75) is 20.0 Å². The first-order valence-electron chi connectivity index (χ1n) is 10.5. The summed E-state index contributed by atoms with van der Waals surface area (Å²) in [6, 6.07) is 10.6. The number of anilines is 1. The number of fused-ring (bicyclic) bond motifs is 1. The Bertz CT molecular complexity index is 1350. The normalized spacial score (nSPS) is 11.6. The average Bonchev–Trinajstić information content (AvgIpc) is 3.24. The highest BCUT2D eigenvalue weighted by molar-refractivity contribution is 6.33. The topological polar surface area (TPSA) is 75.4 Å². The van der Waals surface area contributed by atoms with Crippen molar-refractivity contribution in [3.05, 3.63) is 65.6 Å². The fraction of sp³-hybridized carbons (Fsp3) is 0.217. The van der Waals surface area contributed by atoms with Crippen molar-refractivity contribution in [3.8, 4) is 22.5 Å². The van der Waals surface area contributed by atoms with E-state index in [1.807, 2.05) is 13.8 Å². The molecule has 34 heavy (non-hydrogen) atoms. The van der Waals surface area contributed by atoms with Gasteiger partial charge in [0.15, 0.2) is 11.3 Å². The molecule has 1 N–H and O–H groups in total. The second-order valence-electron chi connectivity index (χ2n) is 7.34. The summed E-state index contributed by atoms with van der Waals surface area (Å²) in [6.45, 7) is 4.85.